The molecule has 2 aliphatic rings. The van der Waals surface area contributed by atoms with E-state index in [9.17, 15) is 0 Å². The van der Waals surface area contributed by atoms with Crippen LogP contribution in [0.5, 0.6) is 0 Å². The molecule has 94 valence electrons. The molecule has 2 aromatic rings. The average Bonchev–Trinajstić information content (AvgIpc) is 3.03. The van der Waals surface area contributed by atoms with Gasteiger partial charge in [-0.1, -0.05) is 17.6 Å². The third kappa shape index (κ3) is 1.86. The lowest BCUT2D eigenvalue weighted by atomic mass is 10.1. The van der Waals surface area contributed by atoms with E-state index < -0.39 is 0 Å². The van der Waals surface area contributed by atoms with E-state index in [1.807, 2.05) is 18.2 Å². The van der Waals surface area contributed by atoms with Crippen molar-refractivity contribution in [2.45, 2.75) is 31.6 Å². The highest BCUT2D eigenvalue weighted by atomic mass is 14.9. The molecule has 19 heavy (non-hydrogen) atoms. The smallest absolute Gasteiger partial charge is 0.114 e. The fourth-order valence-electron chi connectivity index (χ4n) is 3.05. The summed E-state index contributed by atoms with van der Waals surface area (Å²) in [5.74, 6) is 5.13. The minimum Gasteiger partial charge on any atom is -0.341 e. The number of imidazole rings is 1. The molecule has 1 heterocycles. The number of benzene rings is 1. The van der Waals surface area contributed by atoms with Crippen LogP contribution in [-0.2, 0) is 0 Å². The van der Waals surface area contributed by atoms with E-state index >= 15 is 0 Å². The number of aromatic nitrogens is 2. The van der Waals surface area contributed by atoms with Gasteiger partial charge in [0.05, 0.1) is 11.0 Å². The minimum atomic E-state index is 0.470. The Morgan fingerprint density at radius 3 is 2.95 bits per heavy atom. The molecule has 1 saturated carbocycles. The van der Waals surface area contributed by atoms with Crippen molar-refractivity contribution in [1.82, 2.24) is 9.97 Å². The van der Waals surface area contributed by atoms with Crippen molar-refractivity contribution in [2.75, 3.05) is 0 Å². The van der Waals surface area contributed by atoms with Crippen molar-refractivity contribution in [2.24, 2.45) is 5.92 Å². The first-order valence-electron chi connectivity index (χ1n) is 7.00. The number of fused-ring (bicyclic) bond motifs is 1. The zero-order valence-electron chi connectivity index (χ0n) is 10.8. The first-order valence-corrected chi connectivity index (χ1v) is 7.00. The fraction of sp³-hybridized carbons (Fsp3) is 0.353. The summed E-state index contributed by atoms with van der Waals surface area (Å²) >= 11 is 0. The summed E-state index contributed by atoms with van der Waals surface area (Å²) in [5, 5.41) is 0. The molecule has 2 aliphatic carbocycles. The maximum absolute atomic E-state index is 5.43. The molecule has 0 radical (unpaired) electrons. The van der Waals surface area contributed by atoms with E-state index in [2.05, 4.69) is 17.0 Å². The average molecular weight is 248 g/mol. The molecule has 1 fully saturated rings. The van der Waals surface area contributed by atoms with Gasteiger partial charge in [-0.05, 0) is 49.8 Å². The Labute approximate surface area is 112 Å². The van der Waals surface area contributed by atoms with Crippen molar-refractivity contribution in [3.63, 3.8) is 0 Å². The van der Waals surface area contributed by atoms with Gasteiger partial charge >= 0.3 is 0 Å². The van der Waals surface area contributed by atoms with Crippen molar-refractivity contribution in [3.05, 3.63) is 41.2 Å². The summed E-state index contributed by atoms with van der Waals surface area (Å²) in [7, 11) is 0. The van der Waals surface area contributed by atoms with Crippen molar-refractivity contribution in [3.8, 4) is 12.3 Å². The number of hydrogen-bond donors (Lipinski definition) is 1. The van der Waals surface area contributed by atoms with Crippen molar-refractivity contribution in [1.29, 1.82) is 0 Å². The highest BCUT2D eigenvalue weighted by Gasteiger charge is 2.31. The monoisotopic (exact) mass is 248 g/mol. The quantitative estimate of drug-likeness (QED) is 0.636. The van der Waals surface area contributed by atoms with E-state index in [-0.39, 0.29) is 0 Å². The Hall–Kier alpha value is -2.01. The molecule has 1 aromatic carbocycles. The summed E-state index contributed by atoms with van der Waals surface area (Å²) < 4.78 is 0. The lowest BCUT2D eigenvalue weighted by Gasteiger charge is -2.00. The van der Waals surface area contributed by atoms with Gasteiger partial charge in [-0.25, -0.2) is 4.98 Å². The summed E-state index contributed by atoms with van der Waals surface area (Å²) in [6.45, 7) is 0. The Balaban J connectivity index is 1.70. The minimum absolute atomic E-state index is 0.470. The number of nitrogens with one attached hydrogen (secondary N) is 1. The standard InChI is InChI=1S/C17H16N2/c1-2-11-3-8-15-16(9-11)19-17(18-15)14-7-6-13(10-14)12-4-5-12/h1,3,8-10,12,14H,4-7H2,(H,18,19)/t14-/m0/s1. The molecule has 1 atom stereocenters. The number of hydrogen-bond acceptors (Lipinski definition) is 1. The maximum atomic E-state index is 5.43. The largest absolute Gasteiger partial charge is 0.341 e. The van der Waals surface area contributed by atoms with Crippen LogP contribution < -0.4 is 0 Å². The first-order chi connectivity index (χ1) is 9.33. The van der Waals surface area contributed by atoms with Gasteiger partial charge in [0.1, 0.15) is 5.82 Å². The van der Waals surface area contributed by atoms with Crippen LogP contribution in [0.3, 0.4) is 0 Å². The van der Waals surface area contributed by atoms with E-state index in [4.69, 9.17) is 11.4 Å². The third-order valence-electron chi connectivity index (χ3n) is 4.28. The van der Waals surface area contributed by atoms with Gasteiger partial charge in [0.2, 0.25) is 0 Å². The van der Waals surface area contributed by atoms with E-state index in [1.165, 1.54) is 25.7 Å². The van der Waals surface area contributed by atoms with Crippen LogP contribution in [0.15, 0.2) is 29.8 Å². The Morgan fingerprint density at radius 2 is 2.16 bits per heavy atom. The number of rotatable bonds is 2. The summed E-state index contributed by atoms with van der Waals surface area (Å²) in [5.41, 5.74) is 4.64. The highest BCUT2D eigenvalue weighted by Crippen LogP contribution is 2.44. The Morgan fingerprint density at radius 1 is 1.26 bits per heavy atom. The van der Waals surface area contributed by atoms with E-state index in [0.29, 0.717) is 5.92 Å². The van der Waals surface area contributed by atoms with Gasteiger partial charge in [-0.3, -0.25) is 0 Å². The summed E-state index contributed by atoms with van der Waals surface area (Å²) in [6, 6.07) is 5.96. The molecular formula is C17H16N2. The van der Waals surface area contributed by atoms with Crippen LogP contribution in [-0.4, -0.2) is 9.97 Å². The molecule has 0 amide bonds. The number of nitrogens with zero attached hydrogens (tertiary/aromatic N) is 1. The van der Waals surface area contributed by atoms with Gasteiger partial charge in [0.25, 0.3) is 0 Å². The maximum Gasteiger partial charge on any atom is 0.114 e. The van der Waals surface area contributed by atoms with Crippen LogP contribution in [0.4, 0.5) is 0 Å². The SMILES string of the molecule is C#Cc1ccc2nc([C@@H]3C=C(C4CC4)CC3)[nH]c2c1. The fourth-order valence-corrected chi connectivity index (χ4v) is 3.05. The summed E-state index contributed by atoms with van der Waals surface area (Å²) in [6.07, 6.45) is 13.1. The van der Waals surface area contributed by atoms with Crippen molar-refractivity contribution < 1.29 is 0 Å². The van der Waals surface area contributed by atoms with Crippen LogP contribution in [0.1, 0.15) is 43.0 Å². The van der Waals surface area contributed by atoms with Gasteiger partial charge in [-0.2, -0.15) is 0 Å². The second-order valence-electron chi connectivity index (χ2n) is 5.66. The van der Waals surface area contributed by atoms with E-state index in [0.717, 1.165) is 28.3 Å². The molecule has 1 N–H and O–H groups in total. The molecular weight excluding hydrogens is 232 g/mol. The molecule has 1 aromatic heterocycles. The number of aromatic amines is 1. The second kappa shape index (κ2) is 3.99. The van der Waals surface area contributed by atoms with Gasteiger partial charge < -0.3 is 4.98 Å². The third-order valence-corrected chi connectivity index (χ3v) is 4.28. The van der Waals surface area contributed by atoms with Gasteiger partial charge in [0, 0.05) is 11.5 Å². The van der Waals surface area contributed by atoms with E-state index in [1.54, 1.807) is 5.57 Å². The zero-order chi connectivity index (χ0) is 12.8. The second-order valence-corrected chi connectivity index (χ2v) is 5.66. The number of allylic oxidation sites excluding steroid dienone is 2. The zero-order valence-corrected chi connectivity index (χ0v) is 10.8. The van der Waals surface area contributed by atoms with Crippen LogP contribution in [0, 0.1) is 18.3 Å². The lowest BCUT2D eigenvalue weighted by molar-refractivity contribution is 0.743. The predicted molar refractivity (Wildman–Crippen MR) is 76.8 cm³/mol. The van der Waals surface area contributed by atoms with Crippen molar-refractivity contribution >= 4 is 11.0 Å². The van der Waals surface area contributed by atoms with Gasteiger partial charge in [0.15, 0.2) is 0 Å². The number of terminal acetylenes is 1. The van der Waals surface area contributed by atoms with Crippen LogP contribution in [0.25, 0.3) is 11.0 Å². The molecule has 0 unspecified atom stereocenters. The molecule has 0 spiro atoms. The predicted octanol–water partition coefficient (Wildman–Crippen LogP) is 3.76. The highest BCUT2D eigenvalue weighted by molar-refractivity contribution is 5.77. The lowest BCUT2D eigenvalue weighted by Crippen LogP contribution is -1.92. The molecule has 2 nitrogen and oxygen atoms in total. The Kier molecular flexibility index (Phi) is 2.29. The van der Waals surface area contributed by atoms with Crippen LogP contribution >= 0.6 is 0 Å². The van der Waals surface area contributed by atoms with Gasteiger partial charge in [-0.15, -0.1) is 6.42 Å². The first kappa shape index (κ1) is 10.9. The van der Waals surface area contributed by atoms with Crippen LogP contribution in [0.2, 0.25) is 0 Å². The molecule has 0 bridgehead atoms. The molecule has 0 saturated heterocycles. The number of H-pyrrole nitrogens is 1. The molecule has 4 rings (SSSR count). The molecule has 2 heteroatoms. The normalized spacial score (nSPS) is 22.5. The summed E-state index contributed by atoms with van der Waals surface area (Å²) in [4.78, 5) is 8.16. The topological polar surface area (TPSA) is 28.7 Å². The molecule has 0 aliphatic heterocycles. The Bertz CT molecular complexity index is 710.